The molecule has 0 unspecified atom stereocenters. The van der Waals surface area contributed by atoms with Crippen molar-refractivity contribution in [3.05, 3.63) is 12.2 Å². The molecule has 0 saturated carbocycles. The number of aliphatic carboxylic acids is 1. The predicted molar refractivity (Wildman–Crippen MR) is 60.3 cm³/mol. The summed E-state index contributed by atoms with van der Waals surface area (Å²) in [4.78, 5) is 34.7. The van der Waals surface area contributed by atoms with Crippen LogP contribution in [-0.4, -0.2) is 40.0 Å². The Bertz CT molecular complexity index is 374. The molecule has 0 aromatic rings. The Morgan fingerprint density at radius 2 is 1.94 bits per heavy atom. The molecule has 0 radical (unpaired) electrons. The fraction of sp³-hybridized carbons (Fsp3) is 0.545. The van der Waals surface area contributed by atoms with Gasteiger partial charge in [0.1, 0.15) is 0 Å². The lowest BCUT2D eigenvalue weighted by Crippen LogP contribution is -2.49. The third kappa shape index (κ3) is 3.58. The zero-order chi connectivity index (χ0) is 13.1. The van der Waals surface area contributed by atoms with Crippen molar-refractivity contribution < 1.29 is 19.5 Å². The summed E-state index contributed by atoms with van der Waals surface area (Å²) in [6.07, 6.45) is 3.31. The van der Waals surface area contributed by atoms with E-state index in [1.54, 1.807) is 4.90 Å². The van der Waals surface area contributed by atoms with Crippen LogP contribution in [0.2, 0.25) is 0 Å². The molecule has 1 saturated heterocycles. The number of rotatable bonds is 2. The molecule has 94 valence electrons. The molecule has 6 nitrogen and oxygen atoms in total. The smallest absolute Gasteiger partial charge is 0.328 e. The van der Waals surface area contributed by atoms with Crippen LogP contribution in [0.1, 0.15) is 26.7 Å². The van der Waals surface area contributed by atoms with E-state index in [2.05, 4.69) is 5.32 Å². The number of carboxylic acid groups (broad SMARTS) is 1. The number of nitrogens with zero attached hydrogens (tertiary/aromatic N) is 1. The zero-order valence-electron chi connectivity index (χ0n) is 9.90. The van der Waals surface area contributed by atoms with Crippen LogP contribution in [0.3, 0.4) is 0 Å². The monoisotopic (exact) mass is 240 g/mol. The van der Waals surface area contributed by atoms with Crippen molar-refractivity contribution in [2.75, 3.05) is 6.54 Å². The van der Waals surface area contributed by atoms with Gasteiger partial charge < -0.3 is 10.0 Å². The molecule has 0 atom stereocenters. The quantitative estimate of drug-likeness (QED) is 0.697. The summed E-state index contributed by atoms with van der Waals surface area (Å²) < 4.78 is 0. The molecular formula is C11H16N2O4. The minimum atomic E-state index is -1.23. The molecular weight excluding hydrogens is 224 g/mol. The van der Waals surface area contributed by atoms with E-state index < -0.39 is 17.9 Å². The van der Waals surface area contributed by atoms with Gasteiger partial charge in [0.2, 0.25) is 0 Å². The third-order valence-corrected chi connectivity index (χ3v) is 2.75. The van der Waals surface area contributed by atoms with E-state index in [0.717, 1.165) is 18.9 Å². The Kier molecular flexibility index (Phi) is 3.88. The molecule has 0 aromatic carbocycles. The summed E-state index contributed by atoms with van der Waals surface area (Å²) in [6, 6.07) is -0.479. The van der Waals surface area contributed by atoms with Gasteiger partial charge in [0.25, 0.3) is 5.91 Å². The van der Waals surface area contributed by atoms with Crippen LogP contribution >= 0.6 is 0 Å². The maximum atomic E-state index is 11.7. The van der Waals surface area contributed by atoms with Crippen LogP contribution in [0.25, 0.3) is 0 Å². The number of amides is 3. The normalized spacial score (nSPS) is 18.4. The third-order valence-electron chi connectivity index (χ3n) is 2.75. The molecule has 6 heteroatoms. The van der Waals surface area contributed by atoms with E-state index in [1.807, 2.05) is 13.8 Å². The van der Waals surface area contributed by atoms with E-state index in [9.17, 15) is 14.4 Å². The van der Waals surface area contributed by atoms with E-state index in [1.165, 1.54) is 0 Å². The number of likely N-dealkylation sites (tertiary alicyclic amines) is 1. The molecule has 1 heterocycles. The SMILES string of the molecule is CC1(C)CCCN1C(=O)NC(=O)C=CC(=O)O. The van der Waals surface area contributed by atoms with Crippen molar-refractivity contribution >= 4 is 17.9 Å². The van der Waals surface area contributed by atoms with Crippen LogP contribution in [-0.2, 0) is 9.59 Å². The van der Waals surface area contributed by atoms with Crippen LogP contribution in [0.4, 0.5) is 4.79 Å². The van der Waals surface area contributed by atoms with Gasteiger partial charge in [0.15, 0.2) is 0 Å². The molecule has 1 rings (SSSR count). The fourth-order valence-corrected chi connectivity index (χ4v) is 1.85. The summed E-state index contributed by atoms with van der Waals surface area (Å²) in [6.45, 7) is 4.46. The lowest BCUT2D eigenvalue weighted by atomic mass is 10.0. The molecule has 2 N–H and O–H groups in total. The second-order valence-corrected chi connectivity index (χ2v) is 4.53. The number of urea groups is 1. The fourth-order valence-electron chi connectivity index (χ4n) is 1.85. The van der Waals surface area contributed by atoms with Gasteiger partial charge in [0, 0.05) is 24.2 Å². The Balaban J connectivity index is 2.55. The summed E-state index contributed by atoms with van der Waals surface area (Å²) >= 11 is 0. The minimum absolute atomic E-state index is 0.263. The van der Waals surface area contributed by atoms with Gasteiger partial charge in [-0.1, -0.05) is 0 Å². The van der Waals surface area contributed by atoms with Gasteiger partial charge >= 0.3 is 12.0 Å². The van der Waals surface area contributed by atoms with Crippen LogP contribution < -0.4 is 5.32 Å². The van der Waals surface area contributed by atoms with Crippen molar-refractivity contribution in [3.63, 3.8) is 0 Å². The number of nitrogens with one attached hydrogen (secondary N) is 1. The van der Waals surface area contributed by atoms with E-state index in [-0.39, 0.29) is 5.54 Å². The van der Waals surface area contributed by atoms with E-state index in [0.29, 0.717) is 12.6 Å². The Hall–Kier alpha value is -1.85. The van der Waals surface area contributed by atoms with Crippen molar-refractivity contribution in [1.82, 2.24) is 10.2 Å². The summed E-state index contributed by atoms with van der Waals surface area (Å²) in [5.41, 5.74) is -0.263. The first-order chi connectivity index (χ1) is 7.83. The average Bonchev–Trinajstić information content (AvgIpc) is 2.55. The highest BCUT2D eigenvalue weighted by molar-refractivity contribution is 6.02. The first-order valence-electron chi connectivity index (χ1n) is 5.36. The van der Waals surface area contributed by atoms with Gasteiger partial charge in [-0.2, -0.15) is 0 Å². The zero-order valence-corrected chi connectivity index (χ0v) is 9.90. The lowest BCUT2D eigenvalue weighted by molar-refractivity contribution is -0.131. The van der Waals surface area contributed by atoms with Crippen molar-refractivity contribution in [1.29, 1.82) is 0 Å². The molecule has 0 bridgehead atoms. The van der Waals surface area contributed by atoms with Gasteiger partial charge in [-0.15, -0.1) is 0 Å². The molecule has 0 spiro atoms. The largest absolute Gasteiger partial charge is 0.478 e. The Morgan fingerprint density at radius 3 is 2.41 bits per heavy atom. The molecule has 0 aromatic heterocycles. The van der Waals surface area contributed by atoms with Crippen molar-refractivity contribution in [2.24, 2.45) is 0 Å². The number of imide groups is 1. The molecule has 1 aliphatic rings. The van der Waals surface area contributed by atoms with Gasteiger partial charge in [-0.05, 0) is 26.7 Å². The maximum Gasteiger partial charge on any atom is 0.328 e. The topological polar surface area (TPSA) is 86.7 Å². The molecule has 3 amide bonds. The second kappa shape index (κ2) is 4.99. The van der Waals surface area contributed by atoms with E-state index >= 15 is 0 Å². The Morgan fingerprint density at radius 1 is 1.29 bits per heavy atom. The van der Waals surface area contributed by atoms with Crippen LogP contribution in [0.5, 0.6) is 0 Å². The summed E-state index contributed by atoms with van der Waals surface area (Å²) in [7, 11) is 0. The van der Waals surface area contributed by atoms with E-state index in [4.69, 9.17) is 5.11 Å². The van der Waals surface area contributed by atoms with Gasteiger partial charge in [0.05, 0.1) is 0 Å². The predicted octanol–water partition coefficient (Wildman–Crippen LogP) is 0.738. The minimum Gasteiger partial charge on any atom is -0.478 e. The summed E-state index contributed by atoms with van der Waals surface area (Å²) in [5.74, 6) is -1.95. The number of hydrogen-bond acceptors (Lipinski definition) is 3. The standard InChI is InChI=1S/C11H16N2O4/c1-11(2)6-3-7-13(11)10(17)12-8(14)4-5-9(15)16/h4-5H,3,6-7H2,1-2H3,(H,15,16)(H,12,14,17). The molecule has 17 heavy (non-hydrogen) atoms. The highest BCUT2D eigenvalue weighted by Gasteiger charge is 2.35. The molecule has 1 fully saturated rings. The lowest BCUT2D eigenvalue weighted by Gasteiger charge is -2.31. The van der Waals surface area contributed by atoms with Crippen molar-refractivity contribution in [3.8, 4) is 0 Å². The number of hydrogen-bond donors (Lipinski definition) is 2. The number of carboxylic acids is 1. The Labute approximate surface area is 99.3 Å². The number of carbonyl (C=O) groups is 3. The highest BCUT2D eigenvalue weighted by Crippen LogP contribution is 2.27. The highest BCUT2D eigenvalue weighted by atomic mass is 16.4. The van der Waals surface area contributed by atoms with Gasteiger partial charge in [-0.3, -0.25) is 10.1 Å². The van der Waals surface area contributed by atoms with Crippen LogP contribution in [0.15, 0.2) is 12.2 Å². The molecule has 1 aliphatic heterocycles. The average molecular weight is 240 g/mol. The summed E-state index contributed by atoms with van der Waals surface area (Å²) in [5, 5.41) is 10.5. The van der Waals surface area contributed by atoms with Gasteiger partial charge in [-0.25, -0.2) is 9.59 Å². The number of carbonyl (C=O) groups excluding carboxylic acids is 2. The second-order valence-electron chi connectivity index (χ2n) is 4.53. The first kappa shape index (κ1) is 13.2. The maximum absolute atomic E-state index is 11.7. The first-order valence-corrected chi connectivity index (χ1v) is 5.36. The molecule has 0 aliphatic carbocycles. The van der Waals surface area contributed by atoms with Crippen molar-refractivity contribution in [2.45, 2.75) is 32.2 Å². The van der Waals surface area contributed by atoms with Crippen LogP contribution in [0, 0.1) is 0 Å².